The molecular weight excluding hydrogens is 477 g/mol. The van der Waals surface area contributed by atoms with Crippen LogP contribution in [0.1, 0.15) is 28.9 Å². The summed E-state index contributed by atoms with van der Waals surface area (Å²) in [5, 5.41) is 8.04. The quantitative estimate of drug-likeness (QED) is 0.399. The molecule has 3 aliphatic rings. The smallest absolute Gasteiger partial charge is 0.434 e. The number of aromatic nitrogens is 5. The number of carbonyl (C=O) groups is 1. The van der Waals surface area contributed by atoms with Gasteiger partial charge in [-0.1, -0.05) is 0 Å². The molecule has 4 atom stereocenters. The molecule has 1 amide bonds. The maximum atomic E-state index is 13.6. The Labute approximate surface area is 194 Å². The molecule has 3 aliphatic heterocycles. The predicted octanol–water partition coefficient (Wildman–Crippen LogP) is 2.92. The number of benzene rings is 1. The Morgan fingerprint density at radius 3 is 2.29 bits per heavy atom. The summed E-state index contributed by atoms with van der Waals surface area (Å²) in [6.07, 6.45) is 1.49. The zero-order valence-electron chi connectivity index (χ0n) is 17.7. The highest BCUT2D eigenvalue weighted by molar-refractivity contribution is 5.99. The van der Waals surface area contributed by atoms with Gasteiger partial charge in [-0.2, -0.15) is 36.9 Å². The number of hydrogen-bond donors (Lipinski definition) is 0. The molecule has 5 heterocycles. The summed E-state index contributed by atoms with van der Waals surface area (Å²) in [5.41, 5.74) is -0.641. The number of amides is 1. The largest absolute Gasteiger partial charge is 0.435 e. The highest BCUT2D eigenvalue weighted by atomic mass is 19.4. The Bertz CT molecular complexity index is 1250. The number of rotatable bonds is 5. The molecule has 1 aromatic carbocycles. The lowest BCUT2D eigenvalue weighted by Gasteiger charge is -2.28. The second-order valence-electron chi connectivity index (χ2n) is 8.45. The highest BCUT2D eigenvalue weighted by Gasteiger charge is 2.69. The van der Waals surface area contributed by atoms with Crippen molar-refractivity contribution < 1.29 is 31.5 Å². The number of alkyl halides is 5. The molecule has 0 N–H and O–H groups in total. The van der Waals surface area contributed by atoms with Gasteiger partial charge in [-0.15, -0.1) is 0 Å². The van der Waals surface area contributed by atoms with Crippen LogP contribution in [0.2, 0.25) is 0 Å². The van der Waals surface area contributed by atoms with Crippen molar-refractivity contribution in [1.29, 1.82) is 0 Å². The molecule has 182 valence electrons. The lowest BCUT2D eigenvalue weighted by atomic mass is 10.0. The third-order valence-electron chi connectivity index (χ3n) is 6.65. The summed E-state index contributed by atoms with van der Waals surface area (Å²) in [5.74, 6) is -0.103. The molecule has 4 unspecified atom stereocenters. The molecule has 35 heavy (non-hydrogen) atoms. The maximum Gasteiger partial charge on any atom is 0.434 e. The number of fused-ring (bicyclic) bond motifs is 5. The number of piperazine rings is 1. The summed E-state index contributed by atoms with van der Waals surface area (Å²) in [4.78, 5) is 25.9. The summed E-state index contributed by atoms with van der Waals surface area (Å²) in [6, 6.07) is 3.49. The van der Waals surface area contributed by atoms with Crippen LogP contribution in [-0.2, 0) is 6.18 Å². The highest BCUT2D eigenvalue weighted by Crippen LogP contribution is 2.54. The molecule has 9 nitrogen and oxygen atoms in total. The number of anilines is 1. The molecule has 0 spiro atoms. The van der Waals surface area contributed by atoms with E-state index in [1.165, 1.54) is 30.6 Å². The minimum atomic E-state index is -4.57. The Morgan fingerprint density at radius 2 is 1.71 bits per heavy atom. The van der Waals surface area contributed by atoms with Gasteiger partial charge in [0.05, 0.1) is 54.5 Å². The maximum absolute atomic E-state index is 13.6. The molecule has 14 heteroatoms. The van der Waals surface area contributed by atoms with E-state index < -0.39 is 18.5 Å². The van der Waals surface area contributed by atoms with Gasteiger partial charge in [0.2, 0.25) is 0 Å². The predicted molar refractivity (Wildman–Crippen MR) is 108 cm³/mol. The number of nitrogens with zero attached hydrogens (tertiary/aromatic N) is 7. The molecule has 3 aromatic rings. The van der Waals surface area contributed by atoms with Crippen LogP contribution in [0.5, 0.6) is 5.75 Å². The molecule has 2 aromatic heterocycles. The average Bonchev–Trinajstić information content (AvgIpc) is 3.15. The Kier molecular flexibility index (Phi) is 4.70. The van der Waals surface area contributed by atoms with Gasteiger partial charge in [0.15, 0.2) is 5.69 Å². The van der Waals surface area contributed by atoms with Gasteiger partial charge in [0.1, 0.15) is 17.3 Å². The van der Waals surface area contributed by atoms with Crippen molar-refractivity contribution in [1.82, 2.24) is 29.9 Å². The van der Waals surface area contributed by atoms with Crippen molar-refractivity contribution in [3.05, 3.63) is 54.2 Å². The molecule has 0 saturated carbocycles. The summed E-state index contributed by atoms with van der Waals surface area (Å²) >= 11 is 0. The molecular formula is C21H16F5N7O2. The van der Waals surface area contributed by atoms with Crippen LogP contribution in [0.4, 0.5) is 27.8 Å². The van der Waals surface area contributed by atoms with Crippen LogP contribution in [-0.4, -0.2) is 66.5 Å². The van der Waals surface area contributed by atoms with Crippen LogP contribution < -0.4 is 9.64 Å². The summed E-state index contributed by atoms with van der Waals surface area (Å²) < 4.78 is 68.3. The fraction of sp³-hybridized carbons (Fsp3) is 0.381. The third-order valence-corrected chi connectivity index (χ3v) is 6.65. The second-order valence-corrected chi connectivity index (χ2v) is 8.45. The van der Waals surface area contributed by atoms with E-state index in [9.17, 15) is 26.7 Å². The van der Waals surface area contributed by atoms with Crippen LogP contribution in [0.3, 0.4) is 0 Å². The van der Waals surface area contributed by atoms with Gasteiger partial charge in [-0.3, -0.25) is 4.79 Å². The van der Waals surface area contributed by atoms with Crippen molar-refractivity contribution in [2.75, 3.05) is 4.90 Å². The van der Waals surface area contributed by atoms with Crippen LogP contribution in [0.15, 0.2) is 43.0 Å². The average molecular weight is 493 g/mol. The minimum Gasteiger partial charge on any atom is -0.435 e. The Balaban J connectivity index is 1.26. The first-order valence-electron chi connectivity index (χ1n) is 10.7. The Hall–Kier alpha value is -3.84. The molecule has 3 fully saturated rings. The van der Waals surface area contributed by atoms with E-state index in [0.717, 1.165) is 23.8 Å². The molecule has 6 rings (SSSR count). The first-order valence-corrected chi connectivity index (χ1v) is 10.7. The fourth-order valence-corrected chi connectivity index (χ4v) is 5.35. The normalized spacial score (nSPS) is 24.7. The van der Waals surface area contributed by atoms with Gasteiger partial charge in [0, 0.05) is 6.07 Å². The first kappa shape index (κ1) is 21.7. The van der Waals surface area contributed by atoms with E-state index >= 15 is 0 Å². The Morgan fingerprint density at radius 1 is 1.03 bits per heavy atom. The number of ether oxygens (including phenoxy) is 1. The van der Waals surface area contributed by atoms with Crippen LogP contribution >= 0.6 is 0 Å². The van der Waals surface area contributed by atoms with E-state index in [4.69, 9.17) is 0 Å². The van der Waals surface area contributed by atoms with E-state index in [2.05, 4.69) is 24.9 Å². The first-order chi connectivity index (χ1) is 16.7. The van der Waals surface area contributed by atoms with E-state index in [1.807, 2.05) is 4.90 Å². The topological polar surface area (TPSA) is 89.0 Å². The van der Waals surface area contributed by atoms with Crippen molar-refractivity contribution in [2.24, 2.45) is 0 Å². The molecule has 0 radical (unpaired) electrons. The van der Waals surface area contributed by atoms with Crippen molar-refractivity contribution in [3.8, 4) is 11.4 Å². The number of hydrogen-bond acceptors (Lipinski definition) is 7. The van der Waals surface area contributed by atoms with Gasteiger partial charge in [-0.05, 0) is 25.0 Å². The molecule has 3 saturated heterocycles. The van der Waals surface area contributed by atoms with E-state index in [1.54, 1.807) is 4.90 Å². The number of carbonyl (C=O) groups excluding carboxylic acids is 1. The summed E-state index contributed by atoms with van der Waals surface area (Å²) in [6.45, 7) is -3.03. The van der Waals surface area contributed by atoms with E-state index in [0.29, 0.717) is 12.0 Å². The standard InChI is InChI=1S/C21H16F5N7O2/c22-20(23)35-10-1-2-11(14(7-10)33-29-5-6-30-33)19(34)31-12-3-4-13(31)18-17(12)32(18)16-9-27-15(8-28-16)21(24,25)26/h1-2,5-9,12-13,17-18,20H,3-4H2. The van der Waals surface area contributed by atoms with Crippen molar-refractivity contribution >= 4 is 11.7 Å². The van der Waals surface area contributed by atoms with Crippen molar-refractivity contribution in [3.63, 3.8) is 0 Å². The summed E-state index contributed by atoms with van der Waals surface area (Å²) in [7, 11) is 0. The van der Waals surface area contributed by atoms with Crippen LogP contribution in [0.25, 0.3) is 5.69 Å². The van der Waals surface area contributed by atoms with Gasteiger partial charge < -0.3 is 14.5 Å². The van der Waals surface area contributed by atoms with Gasteiger partial charge in [-0.25, -0.2) is 9.97 Å². The van der Waals surface area contributed by atoms with Crippen molar-refractivity contribution in [2.45, 2.75) is 49.8 Å². The van der Waals surface area contributed by atoms with Gasteiger partial charge >= 0.3 is 12.8 Å². The number of halogens is 5. The lowest BCUT2D eigenvalue weighted by molar-refractivity contribution is -0.141. The molecule has 2 bridgehead atoms. The monoisotopic (exact) mass is 493 g/mol. The zero-order valence-corrected chi connectivity index (χ0v) is 17.7. The molecule has 0 aliphatic carbocycles. The van der Waals surface area contributed by atoms with Crippen LogP contribution in [0, 0.1) is 0 Å². The lowest BCUT2D eigenvalue weighted by Crippen LogP contribution is -2.43. The van der Waals surface area contributed by atoms with Gasteiger partial charge in [0.25, 0.3) is 5.91 Å². The fourth-order valence-electron chi connectivity index (χ4n) is 5.35. The zero-order chi connectivity index (χ0) is 24.5. The minimum absolute atomic E-state index is 0.0727. The SMILES string of the molecule is O=C(c1ccc(OC(F)F)cc1-n1nccn1)N1C2CCC1C1C2N1c1cnc(C(F)(F)F)cn1. The second kappa shape index (κ2) is 7.58. The van der Waals surface area contributed by atoms with E-state index in [-0.39, 0.29) is 47.1 Å². The third kappa shape index (κ3) is 3.46.